The molecule has 1 aliphatic heterocycles. The van der Waals surface area contributed by atoms with Gasteiger partial charge in [0.15, 0.2) is 0 Å². The molecule has 0 spiro atoms. The summed E-state index contributed by atoms with van der Waals surface area (Å²) in [5.41, 5.74) is 8.35. The molecule has 0 bridgehead atoms. The van der Waals surface area contributed by atoms with Gasteiger partial charge in [-0.05, 0) is 31.5 Å². The lowest BCUT2D eigenvalue weighted by Gasteiger charge is -2.28. The molecule has 0 unspecified atom stereocenters. The number of hydrogen-bond donors (Lipinski definition) is 2. The molecule has 1 aromatic carbocycles. The summed E-state index contributed by atoms with van der Waals surface area (Å²) in [5, 5.41) is 8.39. The number of benzene rings is 1. The third kappa shape index (κ3) is 2.95. The summed E-state index contributed by atoms with van der Waals surface area (Å²) in [6, 6.07) is 7.73. The highest BCUT2D eigenvalue weighted by molar-refractivity contribution is 5.96. The molecule has 8 heteroatoms. The van der Waals surface area contributed by atoms with Gasteiger partial charge >= 0.3 is 0 Å². The summed E-state index contributed by atoms with van der Waals surface area (Å²) in [6.07, 6.45) is -0.375. The van der Waals surface area contributed by atoms with Gasteiger partial charge in [0.25, 0.3) is 0 Å². The Kier molecular flexibility index (Phi) is 4.60. The van der Waals surface area contributed by atoms with E-state index in [4.69, 9.17) is 15.0 Å². The van der Waals surface area contributed by atoms with Gasteiger partial charge in [0, 0.05) is 24.2 Å². The molecule has 4 rings (SSSR count). The van der Waals surface area contributed by atoms with Crippen molar-refractivity contribution in [3.8, 4) is 11.5 Å². The minimum atomic E-state index is -1.02. The number of aryl methyl sites for hydroxylation is 1. The van der Waals surface area contributed by atoms with Crippen LogP contribution in [-0.4, -0.2) is 40.1 Å². The van der Waals surface area contributed by atoms with E-state index in [0.717, 1.165) is 28.8 Å². The van der Waals surface area contributed by atoms with Crippen molar-refractivity contribution < 1.29 is 13.7 Å². The van der Waals surface area contributed by atoms with Crippen molar-refractivity contribution in [2.45, 2.75) is 38.6 Å². The molecular weight excluding hydrogens is 337 g/mol. The quantitative estimate of drug-likeness (QED) is 0.728. The molecule has 0 saturated carbocycles. The Labute approximate surface area is 150 Å². The molecule has 3 heterocycles. The Hall–Kier alpha value is -2.45. The van der Waals surface area contributed by atoms with E-state index >= 15 is 0 Å². The number of hydrogen-bond acceptors (Lipinski definition) is 6. The molecule has 1 saturated heterocycles. The van der Waals surface area contributed by atoms with Gasteiger partial charge in [-0.25, -0.2) is 4.39 Å². The molecular formula is C18H22FN5O2. The van der Waals surface area contributed by atoms with E-state index in [1.165, 1.54) is 0 Å². The Morgan fingerprint density at radius 1 is 1.42 bits per heavy atom. The molecule has 2 atom stereocenters. The predicted octanol–water partition coefficient (Wildman–Crippen LogP) is 2.71. The first kappa shape index (κ1) is 17.0. The fraction of sp³-hybridized carbons (Fsp3) is 0.444. The molecule has 1 aliphatic rings. The summed E-state index contributed by atoms with van der Waals surface area (Å²) in [6.45, 7) is 3.72. The zero-order chi connectivity index (χ0) is 18.1. The van der Waals surface area contributed by atoms with Crippen LogP contribution in [0.15, 0.2) is 28.8 Å². The second-order valence-electron chi connectivity index (χ2n) is 6.36. The van der Waals surface area contributed by atoms with Crippen LogP contribution in [0.5, 0.6) is 0 Å². The third-order valence-corrected chi connectivity index (χ3v) is 4.76. The largest absolute Gasteiger partial charge is 0.379 e. The Balaban J connectivity index is 1.76. The van der Waals surface area contributed by atoms with Crippen molar-refractivity contribution in [1.82, 2.24) is 14.7 Å². The number of alkyl halides is 1. The second-order valence-corrected chi connectivity index (χ2v) is 6.36. The summed E-state index contributed by atoms with van der Waals surface area (Å²) in [7, 11) is 0. The summed E-state index contributed by atoms with van der Waals surface area (Å²) >= 11 is 0. The maximum Gasteiger partial charge on any atom is 0.240 e. The Morgan fingerprint density at radius 3 is 3.04 bits per heavy atom. The number of nitrogens with two attached hydrogens (primary N) is 1. The van der Waals surface area contributed by atoms with Gasteiger partial charge in [-0.3, -0.25) is 0 Å². The van der Waals surface area contributed by atoms with Crippen molar-refractivity contribution >= 4 is 16.6 Å². The third-order valence-electron chi connectivity index (χ3n) is 4.76. The molecule has 26 heavy (non-hydrogen) atoms. The Morgan fingerprint density at radius 2 is 2.31 bits per heavy atom. The normalized spacial score (nSPS) is 20.6. The molecule has 7 nitrogen and oxygen atoms in total. The topological polar surface area (TPSA) is 91.1 Å². The second kappa shape index (κ2) is 7.05. The molecule has 0 amide bonds. The highest BCUT2D eigenvalue weighted by Crippen LogP contribution is 2.32. The standard InChI is InChI=1S/C18H22FN5O2/c1-2-24-15-5-3-4-13(21-14-6-7-25-10-12(14)19)11(15)8-16(24)18-22-17(9-20)26-23-18/h3-5,8,12,14,21H,2,6-7,9-10,20H2,1H3/t12-,14+/m0/s1. The van der Waals surface area contributed by atoms with E-state index < -0.39 is 6.17 Å². The lowest BCUT2D eigenvalue weighted by atomic mass is 10.1. The van der Waals surface area contributed by atoms with Crippen LogP contribution >= 0.6 is 0 Å². The van der Waals surface area contributed by atoms with Crippen LogP contribution in [-0.2, 0) is 17.8 Å². The fourth-order valence-corrected chi connectivity index (χ4v) is 3.44. The lowest BCUT2D eigenvalue weighted by Crippen LogP contribution is -2.39. The van der Waals surface area contributed by atoms with E-state index in [0.29, 0.717) is 24.7 Å². The number of anilines is 1. The van der Waals surface area contributed by atoms with Gasteiger partial charge in [0.2, 0.25) is 11.7 Å². The van der Waals surface area contributed by atoms with Crippen molar-refractivity contribution in [1.29, 1.82) is 0 Å². The highest BCUT2D eigenvalue weighted by atomic mass is 19.1. The Bertz CT molecular complexity index is 906. The zero-order valence-electron chi connectivity index (χ0n) is 14.6. The monoisotopic (exact) mass is 359 g/mol. The maximum absolute atomic E-state index is 14.2. The first-order valence-electron chi connectivity index (χ1n) is 8.85. The zero-order valence-corrected chi connectivity index (χ0v) is 14.6. The number of fused-ring (bicyclic) bond motifs is 1. The maximum atomic E-state index is 14.2. The number of halogens is 1. The molecule has 138 valence electrons. The van der Waals surface area contributed by atoms with Crippen LogP contribution in [0.1, 0.15) is 19.2 Å². The molecule has 1 fully saturated rings. The average Bonchev–Trinajstić information content (AvgIpc) is 3.28. The predicted molar refractivity (Wildman–Crippen MR) is 96.5 cm³/mol. The lowest BCUT2D eigenvalue weighted by molar-refractivity contribution is 0.0286. The van der Waals surface area contributed by atoms with E-state index in [-0.39, 0.29) is 19.2 Å². The molecule has 0 radical (unpaired) electrons. The molecule has 0 aliphatic carbocycles. The van der Waals surface area contributed by atoms with Crippen molar-refractivity contribution in [2.75, 3.05) is 18.5 Å². The van der Waals surface area contributed by atoms with Crippen LogP contribution in [0, 0.1) is 0 Å². The SMILES string of the molecule is CCn1c(-c2noc(CN)n2)cc2c(N[C@@H]3CCOC[C@@H]3F)cccc21. The van der Waals surface area contributed by atoms with Gasteiger partial charge < -0.3 is 24.9 Å². The van der Waals surface area contributed by atoms with E-state index in [9.17, 15) is 4.39 Å². The summed E-state index contributed by atoms with van der Waals surface area (Å²) in [4.78, 5) is 4.34. The van der Waals surface area contributed by atoms with E-state index in [1.54, 1.807) is 0 Å². The van der Waals surface area contributed by atoms with Gasteiger partial charge in [0.05, 0.1) is 30.4 Å². The summed E-state index contributed by atoms with van der Waals surface area (Å²) < 4.78 is 26.6. The minimum Gasteiger partial charge on any atom is -0.379 e. The number of nitrogens with one attached hydrogen (secondary N) is 1. The molecule has 3 N–H and O–H groups in total. The number of aromatic nitrogens is 3. The van der Waals surface area contributed by atoms with Crippen LogP contribution < -0.4 is 11.1 Å². The van der Waals surface area contributed by atoms with Gasteiger partial charge in [0.1, 0.15) is 6.17 Å². The number of rotatable bonds is 5. The average molecular weight is 359 g/mol. The smallest absolute Gasteiger partial charge is 0.240 e. The molecule has 3 aromatic rings. The molecule has 2 aromatic heterocycles. The first-order valence-corrected chi connectivity index (χ1v) is 8.85. The van der Waals surface area contributed by atoms with Gasteiger partial charge in [-0.15, -0.1) is 0 Å². The van der Waals surface area contributed by atoms with Crippen LogP contribution in [0.25, 0.3) is 22.4 Å². The van der Waals surface area contributed by atoms with Crippen LogP contribution in [0.2, 0.25) is 0 Å². The number of nitrogens with zero attached hydrogens (tertiary/aromatic N) is 3. The fourth-order valence-electron chi connectivity index (χ4n) is 3.44. The van der Waals surface area contributed by atoms with E-state index in [2.05, 4.69) is 26.9 Å². The number of ether oxygens (including phenoxy) is 1. The van der Waals surface area contributed by atoms with Gasteiger partial charge in [-0.2, -0.15) is 4.98 Å². The van der Waals surface area contributed by atoms with Crippen LogP contribution in [0.4, 0.5) is 10.1 Å². The highest BCUT2D eigenvalue weighted by Gasteiger charge is 2.26. The van der Waals surface area contributed by atoms with E-state index in [1.807, 2.05) is 24.3 Å². The van der Waals surface area contributed by atoms with Crippen molar-refractivity contribution in [2.24, 2.45) is 5.73 Å². The van der Waals surface area contributed by atoms with Crippen molar-refractivity contribution in [3.63, 3.8) is 0 Å². The van der Waals surface area contributed by atoms with Gasteiger partial charge in [-0.1, -0.05) is 11.2 Å². The van der Waals surface area contributed by atoms with Crippen molar-refractivity contribution in [3.05, 3.63) is 30.2 Å². The minimum absolute atomic E-state index is 0.138. The van der Waals surface area contributed by atoms with Crippen LogP contribution in [0.3, 0.4) is 0 Å². The first-order chi connectivity index (χ1) is 12.7. The summed E-state index contributed by atoms with van der Waals surface area (Å²) in [5.74, 6) is 0.901.